The molecule has 0 aliphatic rings. The number of nitrogens with one attached hydrogen (secondary N) is 1. The average molecular weight is 378 g/mol. The maximum atomic E-state index is 12.6. The quantitative estimate of drug-likeness (QED) is 0.680. The van der Waals surface area contributed by atoms with Crippen LogP contribution in [0.1, 0.15) is 27.2 Å². The van der Waals surface area contributed by atoms with Gasteiger partial charge in [0.25, 0.3) is 5.91 Å². The lowest BCUT2D eigenvalue weighted by molar-refractivity contribution is -0.119. The lowest BCUT2D eigenvalue weighted by atomic mass is 10.0. The third kappa shape index (κ3) is 3.96. The molecule has 0 saturated heterocycles. The van der Waals surface area contributed by atoms with Crippen LogP contribution in [0.5, 0.6) is 5.75 Å². The molecule has 28 heavy (non-hydrogen) atoms. The van der Waals surface area contributed by atoms with Gasteiger partial charge in [-0.2, -0.15) is 0 Å². The second kappa shape index (κ2) is 8.08. The van der Waals surface area contributed by atoms with Crippen molar-refractivity contribution >= 4 is 28.5 Å². The molecule has 0 unspecified atom stereocenters. The van der Waals surface area contributed by atoms with Gasteiger partial charge in [0.05, 0.1) is 29.6 Å². The Morgan fingerprint density at radius 1 is 1.07 bits per heavy atom. The van der Waals surface area contributed by atoms with Crippen molar-refractivity contribution in [2.75, 3.05) is 19.0 Å². The average Bonchev–Trinajstić information content (AvgIpc) is 2.66. The van der Waals surface area contributed by atoms with Crippen LogP contribution in [0.25, 0.3) is 10.9 Å². The standard InChI is InChI=1S/C22H22N2O4/c1-13-9-10-19(27-4)18(11-13)24-20(25)12-28-22(26)21-14(2)16-7-5-6-8-17(16)23-15(21)3/h5-11H,12H2,1-4H3,(H,24,25). The van der Waals surface area contributed by atoms with E-state index in [1.807, 2.05) is 44.2 Å². The number of benzene rings is 2. The summed E-state index contributed by atoms with van der Waals surface area (Å²) in [7, 11) is 1.53. The second-order valence-corrected chi connectivity index (χ2v) is 6.54. The Kier molecular flexibility index (Phi) is 5.59. The Bertz CT molecular complexity index is 1060. The molecule has 0 aliphatic heterocycles. The van der Waals surface area contributed by atoms with Gasteiger partial charge in [-0.25, -0.2) is 4.79 Å². The molecular weight excluding hydrogens is 356 g/mol. The van der Waals surface area contributed by atoms with Crippen LogP contribution >= 0.6 is 0 Å². The van der Waals surface area contributed by atoms with Gasteiger partial charge >= 0.3 is 5.97 Å². The molecule has 0 saturated carbocycles. The number of carbonyl (C=O) groups excluding carboxylic acids is 2. The van der Waals surface area contributed by atoms with E-state index >= 15 is 0 Å². The number of rotatable bonds is 5. The number of ether oxygens (including phenoxy) is 2. The Hall–Kier alpha value is -3.41. The van der Waals surface area contributed by atoms with Gasteiger partial charge in [-0.15, -0.1) is 0 Å². The lowest BCUT2D eigenvalue weighted by Crippen LogP contribution is -2.22. The number of hydrogen-bond acceptors (Lipinski definition) is 5. The molecule has 0 atom stereocenters. The zero-order valence-corrected chi connectivity index (χ0v) is 16.3. The van der Waals surface area contributed by atoms with E-state index in [2.05, 4.69) is 10.3 Å². The molecule has 6 nitrogen and oxygen atoms in total. The predicted molar refractivity (Wildman–Crippen MR) is 108 cm³/mol. The fourth-order valence-corrected chi connectivity index (χ4v) is 3.14. The van der Waals surface area contributed by atoms with Crippen molar-refractivity contribution in [1.82, 2.24) is 4.98 Å². The first-order valence-electron chi connectivity index (χ1n) is 8.88. The number of para-hydroxylation sites is 1. The van der Waals surface area contributed by atoms with Gasteiger partial charge in [-0.1, -0.05) is 24.3 Å². The van der Waals surface area contributed by atoms with Crippen molar-refractivity contribution in [3.63, 3.8) is 0 Å². The van der Waals surface area contributed by atoms with E-state index in [0.29, 0.717) is 22.7 Å². The van der Waals surface area contributed by atoms with Crippen molar-refractivity contribution in [2.45, 2.75) is 20.8 Å². The van der Waals surface area contributed by atoms with Crippen molar-refractivity contribution < 1.29 is 19.1 Å². The number of fused-ring (bicyclic) bond motifs is 1. The van der Waals surface area contributed by atoms with E-state index in [1.165, 1.54) is 7.11 Å². The molecular formula is C22H22N2O4. The van der Waals surface area contributed by atoms with Crippen LogP contribution in [-0.4, -0.2) is 30.6 Å². The van der Waals surface area contributed by atoms with Crippen LogP contribution in [-0.2, 0) is 9.53 Å². The summed E-state index contributed by atoms with van der Waals surface area (Å²) < 4.78 is 10.5. The molecule has 2 aromatic carbocycles. The topological polar surface area (TPSA) is 77.5 Å². The van der Waals surface area contributed by atoms with Crippen LogP contribution in [0.4, 0.5) is 5.69 Å². The van der Waals surface area contributed by atoms with E-state index in [1.54, 1.807) is 19.1 Å². The van der Waals surface area contributed by atoms with Crippen LogP contribution in [0.15, 0.2) is 42.5 Å². The molecule has 1 N–H and O–H groups in total. The number of anilines is 1. The van der Waals surface area contributed by atoms with Crippen molar-refractivity contribution in [2.24, 2.45) is 0 Å². The molecule has 3 rings (SSSR count). The number of carbonyl (C=O) groups is 2. The number of nitrogens with zero attached hydrogens (tertiary/aromatic N) is 1. The highest BCUT2D eigenvalue weighted by Crippen LogP contribution is 2.25. The molecule has 0 aliphatic carbocycles. The van der Waals surface area contributed by atoms with Crippen molar-refractivity contribution in [1.29, 1.82) is 0 Å². The summed E-state index contributed by atoms with van der Waals surface area (Å²) in [6.45, 7) is 5.12. The molecule has 1 aromatic heterocycles. The number of aryl methyl sites for hydroxylation is 3. The van der Waals surface area contributed by atoms with E-state index in [4.69, 9.17) is 9.47 Å². The SMILES string of the molecule is COc1ccc(C)cc1NC(=O)COC(=O)c1c(C)nc2ccccc2c1C. The normalized spacial score (nSPS) is 10.6. The van der Waals surface area contributed by atoms with Crippen LogP contribution in [0.3, 0.4) is 0 Å². The Morgan fingerprint density at radius 3 is 2.57 bits per heavy atom. The summed E-state index contributed by atoms with van der Waals surface area (Å²) in [4.78, 5) is 29.3. The summed E-state index contributed by atoms with van der Waals surface area (Å²) in [5.74, 6) is -0.475. The molecule has 1 amide bonds. The minimum Gasteiger partial charge on any atom is -0.495 e. The van der Waals surface area contributed by atoms with Crippen molar-refractivity contribution in [3.8, 4) is 5.75 Å². The molecule has 144 valence electrons. The van der Waals surface area contributed by atoms with Gasteiger partial charge in [0.15, 0.2) is 6.61 Å². The summed E-state index contributed by atoms with van der Waals surface area (Å²) in [5.41, 5.74) is 4.07. The smallest absolute Gasteiger partial charge is 0.340 e. The van der Waals surface area contributed by atoms with Crippen LogP contribution in [0.2, 0.25) is 0 Å². The molecule has 0 spiro atoms. The number of esters is 1. The molecule has 0 bridgehead atoms. The summed E-state index contributed by atoms with van der Waals surface area (Å²) in [6.07, 6.45) is 0. The minimum atomic E-state index is -0.570. The third-order valence-electron chi connectivity index (χ3n) is 4.50. The Morgan fingerprint density at radius 2 is 1.82 bits per heavy atom. The molecule has 0 fully saturated rings. The third-order valence-corrected chi connectivity index (χ3v) is 4.50. The van der Waals surface area contributed by atoms with E-state index in [-0.39, 0.29) is 0 Å². The molecule has 1 heterocycles. The minimum absolute atomic E-state index is 0.389. The van der Waals surface area contributed by atoms with E-state index < -0.39 is 18.5 Å². The predicted octanol–water partition coefficient (Wildman–Crippen LogP) is 3.96. The summed E-state index contributed by atoms with van der Waals surface area (Å²) in [6, 6.07) is 13.0. The second-order valence-electron chi connectivity index (χ2n) is 6.54. The first-order chi connectivity index (χ1) is 13.4. The Labute approximate surface area is 163 Å². The molecule has 3 aromatic rings. The van der Waals surface area contributed by atoms with Crippen molar-refractivity contribution in [3.05, 3.63) is 64.8 Å². The largest absolute Gasteiger partial charge is 0.495 e. The van der Waals surface area contributed by atoms with E-state index in [9.17, 15) is 9.59 Å². The maximum Gasteiger partial charge on any atom is 0.340 e. The summed E-state index contributed by atoms with van der Waals surface area (Å²) in [5, 5.41) is 3.59. The number of methoxy groups -OCH3 is 1. The monoisotopic (exact) mass is 378 g/mol. The van der Waals surface area contributed by atoms with Gasteiger partial charge in [-0.05, 0) is 50.1 Å². The lowest BCUT2D eigenvalue weighted by Gasteiger charge is -2.13. The van der Waals surface area contributed by atoms with Gasteiger partial charge in [0, 0.05) is 5.39 Å². The fourth-order valence-electron chi connectivity index (χ4n) is 3.14. The Balaban J connectivity index is 1.73. The maximum absolute atomic E-state index is 12.6. The first-order valence-corrected chi connectivity index (χ1v) is 8.88. The molecule has 6 heteroatoms. The fraction of sp³-hybridized carbons (Fsp3) is 0.227. The number of hydrogen-bond donors (Lipinski definition) is 1. The number of aromatic nitrogens is 1. The number of pyridine rings is 1. The number of amides is 1. The zero-order valence-electron chi connectivity index (χ0n) is 16.3. The van der Waals surface area contributed by atoms with Gasteiger partial charge < -0.3 is 14.8 Å². The van der Waals surface area contributed by atoms with Crippen LogP contribution in [0, 0.1) is 20.8 Å². The highest BCUT2D eigenvalue weighted by atomic mass is 16.5. The van der Waals surface area contributed by atoms with Gasteiger partial charge in [0.2, 0.25) is 0 Å². The van der Waals surface area contributed by atoms with Gasteiger partial charge in [0.1, 0.15) is 5.75 Å². The zero-order chi connectivity index (χ0) is 20.3. The van der Waals surface area contributed by atoms with Crippen LogP contribution < -0.4 is 10.1 Å². The summed E-state index contributed by atoms with van der Waals surface area (Å²) >= 11 is 0. The highest BCUT2D eigenvalue weighted by molar-refractivity contribution is 6.00. The van der Waals surface area contributed by atoms with Gasteiger partial charge in [-0.3, -0.25) is 9.78 Å². The highest BCUT2D eigenvalue weighted by Gasteiger charge is 2.19. The first kappa shape index (κ1) is 19.4. The molecule has 0 radical (unpaired) electrons. The van der Waals surface area contributed by atoms with E-state index in [0.717, 1.165) is 22.0 Å².